The van der Waals surface area contributed by atoms with Crippen molar-refractivity contribution in [3.8, 4) is 0 Å². The number of carboxylic acid groups (broad SMARTS) is 2. The summed E-state index contributed by atoms with van der Waals surface area (Å²) in [4.78, 5) is 29.4. The van der Waals surface area contributed by atoms with Gasteiger partial charge in [-0.05, 0) is 38.8 Å². The molecular formula is C21H28N4O4. The molecule has 4 N–H and O–H groups in total. The van der Waals surface area contributed by atoms with Crippen molar-refractivity contribution in [2.24, 2.45) is 0 Å². The van der Waals surface area contributed by atoms with E-state index in [1.54, 1.807) is 0 Å². The maximum atomic E-state index is 9.55. The van der Waals surface area contributed by atoms with Gasteiger partial charge in [0.25, 0.3) is 0 Å². The normalized spacial score (nSPS) is 23.3. The lowest BCUT2D eigenvalue weighted by molar-refractivity contribution is -0.134. The van der Waals surface area contributed by atoms with Crippen molar-refractivity contribution in [1.29, 1.82) is 0 Å². The van der Waals surface area contributed by atoms with E-state index in [0.717, 1.165) is 12.2 Å². The van der Waals surface area contributed by atoms with E-state index < -0.39 is 11.9 Å². The number of nitrogens with one attached hydrogen (secondary N) is 2. The van der Waals surface area contributed by atoms with Gasteiger partial charge in [-0.1, -0.05) is 12.8 Å². The van der Waals surface area contributed by atoms with Gasteiger partial charge in [-0.3, -0.25) is 0 Å². The van der Waals surface area contributed by atoms with Crippen molar-refractivity contribution in [3.63, 3.8) is 0 Å². The molecule has 2 aromatic rings. The quantitative estimate of drug-likeness (QED) is 0.585. The first-order chi connectivity index (χ1) is 13.8. The van der Waals surface area contributed by atoms with Crippen LogP contribution in [0.1, 0.15) is 39.5 Å². The maximum absolute atomic E-state index is 9.55. The predicted molar refractivity (Wildman–Crippen MR) is 111 cm³/mol. The fourth-order valence-electron chi connectivity index (χ4n) is 4.35. The Morgan fingerprint density at radius 2 is 1.86 bits per heavy atom. The highest BCUT2D eigenvalue weighted by Crippen LogP contribution is 2.36. The zero-order chi connectivity index (χ0) is 21.0. The van der Waals surface area contributed by atoms with Crippen molar-refractivity contribution in [2.75, 3.05) is 11.4 Å². The van der Waals surface area contributed by atoms with E-state index in [2.05, 4.69) is 46.2 Å². The van der Waals surface area contributed by atoms with Gasteiger partial charge in [0.2, 0.25) is 0 Å². The number of nitrogens with zero attached hydrogens (tertiary/aromatic N) is 2. The van der Waals surface area contributed by atoms with Crippen LogP contribution in [0, 0.1) is 0 Å². The van der Waals surface area contributed by atoms with E-state index in [1.165, 1.54) is 36.8 Å². The summed E-state index contributed by atoms with van der Waals surface area (Å²) < 4.78 is 0. The lowest BCUT2D eigenvalue weighted by Gasteiger charge is -2.52. The number of rotatable bonds is 3. The van der Waals surface area contributed by atoms with Gasteiger partial charge >= 0.3 is 11.9 Å². The number of carboxylic acids is 2. The van der Waals surface area contributed by atoms with Gasteiger partial charge in [-0.25, -0.2) is 14.6 Å². The van der Waals surface area contributed by atoms with Crippen molar-refractivity contribution < 1.29 is 19.8 Å². The van der Waals surface area contributed by atoms with Crippen LogP contribution in [-0.2, 0) is 9.59 Å². The zero-order valence-corrected chi connectivity index (χ0v) is 16.8. The van der Waals surface area contributed by atoms with Crippen molar-refractivity contribution in [2.45, 2.75) is 57.2 Å². The van der Waals surface area contributed by atoms with Crippen molar-refractivity contribution in [3.05, 3.63) is 36.7 Å². The fourth-order valence-corrected chi connectivity index (χ4v) is 4.35. The maximum Gasteiger partial charge on any atom is 0.328 e. The summed E-state index contributed by atoms with van der Waals surface area (Å²) in [6.45, 7) is 5.69. The van der Waals surface area contributed by atoms with Crippen molar-refractivity contribution in [1.82, 2.24) is 15.3 Å². The Morgan fingerprint density at radius 3 is 2.55 bits per heavy atom. The number of hydrogen-bond donors (Lipinski definition) is 4. The van der Waals surface area contributed by atoms with Crippen LogP contribution in [0.3, 0.4) is 0 Å². The van der Waals surface area contributed by atoms with Gasteiger partial charge in [-0.2, -0.15) is 0 Å². The standard InChI is InChI=1S/C17H24N4.C4H4O4/c1-17(2)11-21(15-6-4-3-5-13(15)20-17)14-8-10-19-16-12(14)7-9-18-16;5-3(6)1-2-4(7)8/h7-10,13,15,20H,3-6,11H2,1-2H3,(H,18,19);1-2H,(H,5,6)(H,7,8)/t13-,15-;/m0./s1. The summed E-state index contributed by atoms with van der Waals surface area (Å²) in [7, 11) is 0. The highest BCUT2D eigenvalue weighted by atomic mass is 16.4. The molecule has 156 valence electrons. The molecule has 29 heavy (non-hydrogen) atoms. The van der Waals surface area contributed by atoms with Crippen LogP contribution in [0.4, 0.5) is 5.69 Å². The van der Waals surface area contributed by atoms with Crippen LogP contribution < -0.4 is 10.2 Å². The van der Waals surface area contributed by atoms with Crippen LogP contribution in [0.2, 0.25) is 0 Å². The minimum absolute atomic E-state index is 0.157. The molecule has 0 bridgehead atoms. The number of fused-ring (bicyclic) bond motifs is 2. The molecular weight excluding hydrogens is 372 g/mol. The monoisotopic (exact) mass is 400 g/mol. The van der Waals surface area contributed by atoms with Crippen molar-refractivity contribution >= 4 is 28.7 Å². The summed E-state index contributed by atoms with van der Waals surface area (Å²) in [5.41, 5.74) is 2.49. The second kappa shape index (κ2) is 8.65. The number of pyridine rings is 1. The molecule has 8 heteroatoms. The first kappa shape index (κ1) is 20.9. The Hall–Kier alpha value is -2.87. The first-order valence-corrected chi connectivity index (χ1v) is 9.87. The predicted octanol–water partition coefficient (Wildman–Crippen LogP) is 2.77. The third-order valence-corrected chi connectivity index (χ3v) is 5.39. The van der Waals surface area contributed by atoms with Crippen LogP contribution in [0.15, 0.2) is 36.7 Å². The van der Waals surface area contributed by atoms with E-state index in [1.807, 2.05) is 12.4 Å². The Bertz CT molecular complexity index is 889. The lowest BCUT2D eigenvalue weighted by Crippen LogP contribution is -2.67. The van der Waals surface area contributed by atoms with E-state index in [-0.39, 0.29) is 5.54 Å². The minimum atomic E-state index is -1.26. The number of H-pyrrole nitrogens is 1. The third kappa shape index (κ3) is 5.14. The summed E-state index contributed by atoms with van der Waals surface area (Å²) in [5.74, 6) is -2.51. The molecule has 8 nitrogen and oxygen atoms in total. The molecule has 2 aliphatic rings. The topological polar surface area (TPSA) is 119 Å². The summed E-state index contributed by atoms with van der Waals surface area (Å²) in [6.07, 6.45) is 10.3. The molecule has 2 aromatic heterocycles. The zero-order valence-electron chi connectivity index (χ0n) is 16.8. The van der Waals surface area contributed by atoms with Gasteiger partial charge in [0, 0.05) is 59.8 Å². The van der Waals surface area contributed by atoms with Gasteiger partial charge in [0.05, 0.1) is 0 Å². The van der Waals surface area contributed by atoms with Crippen LogP contribution in [0.5, 0.6) is 0 Å². The SMILES string of the molecule is CC1(C)CN(c2ccnc3[nH]ccc23)[C@H]2CCCC[C@@H]2N1.O=C(O)C=CC(=O)O. The van der Waals surface area contributed by atoms with Crippen LogP contribution in [0.25, 0.3) is 11.0 Å². The Labute approximate surface area is 169 Å². The second-order valence-electron chi connectivity index (χ2n) is 8.19. The number of anilines is 1. The minimum Gasteiger partial charge on any atom is -0.478 e. The number of aromatic nitrogens is 2. The third-order valence-electron chi connectivity index (χ3n) is 5.39. The van der Waals surface area contributed by atoms with Gasteiger partial charge < -0.3 is 25.4 Å². The van der Waals surface area contributed by atoms with E-state index in [4.69, 9.17) is 10.2 Å². The molecule has 0 radical (unpaired) electrons. The van der Waals surface area contributed by atoms with E-state index >= 15 is 0 Å². The Balaban J connectivity index is 0.000000258. The highest BCUT2D eigenvalue weighted by molar-refractivity contribution is 5.90. The molecule has 0 spiro atoms. The molecule has 4 rings (SSSR count). The smallest absolute Gasteiger partial charge is 0.328 e. The number of hydrogen-bond acceptors (Lipinski definition) is 5. The van der Waals surface area contributed by atoms with Crippen LogP contribution >= 0.6 is 0 Å². The van der Waals surface area contributed by atoms with Gasteiger partial charge in [0.15, 0.2) is 0 Å². The molecule has 1 aliphatic carbocycles. The molecule has 0 amide bonds. The summed E-state index contributed by atoms with van der Waals surface area (Å²) in [6, 6.07) is 5.57. The van der Waals surface area contributed by atoms with Crippen LogP contribution in [-0.4, -0.2) is 56.3 Å². The molecule has 2 atom stereocenters. The Morgan fingerprint density at radius 1 is 1.17 bits per heavy atom. The number of piperazine rings is 1. The molecule has 3 heterocycles. The number of carbonyl (C=O) groups is 2. The molecule has 1 saturated carbocycles. The average molecular weight is 400 g/mol. The highest BCUT2D eigenvalue weighted by Gasteiger charge is 2.40. The second-order valence-corrected chi connectivity index (χ2v) is 8.19. The molecule has 0 unspecified atom stereocenters. The summed E-state index contributed by atoms with van der Waals surface area (Å²) in [5, 5.41) is 20.7. The molecule has 1 aliphatic heterocycles. The van der Waals surface area contributed by atoms with Gasteiger partial charge in [-0.15, -0.1) is 0 Å². The molecule has 0 aromatic carbocycles. The average Bonchev–Trinajstić information content (AvgIpc) is 3.14. The Kier molecular flexibility index (Phi) is 6.22. The molecule has 1 saturated heterocycles. The van der Waals surface area contributed by atoms with E-state index in [0.29, 0.717) is 24.2 Å². The van der Waals surface area contributed by atoms with E-state index in [9.17, 15) is 9.59 Å². The van der Waals surface area contributed by atoms with Gasteiger partial charge in [0.1, 0.15) is 5.65 Å². The fraction of sp³-hybridized carbons (Fsp3) is 0.476. The number of aliphatic carboxylic acids is 2. The summed E-state index contributed by atoms with van der Waals surface area (Å²) >= 11 is 0. The largest absolute Gasteiger partial charge is 0.478 e. The molecule has 2 fully saturated rings. The lowest BCUT2D eigenvalue weighted by atomic mass is 9.83. The number of aromatic amines is 1. The first-order valence-electron chi connectivity index (χ1n) is 9.87.